The number of nitro groups is 1. The van der Waals surface area contributed by atoms with Crippen LogP contribution in [0, 0.1) is 27.3 Å². The van der Waals surface area contributed by atoms with Crippen LogP contribution in [0.3, 0.4) is 0 Å². The number of hydrogen-bond acceptors (Lipinski definition) is 8. The van der Waals surface area contributed by atoms with Gasteiger partial charge >= 0.3 is 5.69 Å². The molecule has 0 atom stereocenters. The van der Waals surface area contributed by atoms with Crippen molar-refractivity contribution in [3.63, 3.8) is 0 Å². The minimum absolute atomic E-state index is 0.0122. The van der Waals surface area contributed by atoms with E-state index in [1.807, 2.05) is 6.07 Å². The van der Waals surface area contributed by atoms with E-state index in [1.165, 1.54) is 44.4 Å². The monoisotopic (exact) mass is 444 g/mol. The van der Waals surface area contributed by atoms with E-state index in [0.29, 0.717) is 18.8 Å². The van der Waals surface area contributed by atoms with Crippen molar-refractivity contribution in [1.29, 1.82) is 5.26 Å². The molecule has 0 radical (unpaired) electrons. The van der Waals surface area contributed by atoms with Gasteiger partial charge in [0.05, 0.1) is 31.9 Å². The van der Waals surface area contributed by atoms with Gasteiger partial charge < -0.3 is 24.0 Å². The summed E-state index contributed by atoms with van der Waals surface area (Å²) in [6, 6.07) is 7.50. The number of halogens is 1. The second-order valence-electron chi connectivity index (χ2n) is 6.82. The molecule has 11 heteroatoms. The van der Waals surface area contributed by atoms with E-state index in [9.17, 15) is 24.6 Å². The van der Waals surface area contributed by atoms with Crippen LogP contribution in [0.2, 0.25) is 0 Å². The Balaban J connectivity index is 1.91. The number of nitrogens with zero attached hydrogens (tertiary/aromatic N) is 4. The van der Waals surface area contributed by atoms with Crippen LogP contribution in [-0.4, -0.2) is 63.2 Å². The molecule has 0 aromatic heterocycles. The summed E-state index contributed by atoms with van der Waals surface area (Å²) in [5, 5.41) is 21.0. The highest BCUT2D eigenvalue weighted by molar-refractivity contribution is 6.00. The van der Waals surface area contributed by atoms with Gasteiger partial charge in [0.1, 0.15) is 23.0 Å². The fourth-order valence-electron chi connectivity index (χ4n) is 3.69. The number of hydrogen-bond donors (Lipinski definition) is 0. The lowest BCUT2D eigenvalue weighted by Gasteiger charge is -2.36. The molecule has 1 fully saturated rings. The van der Waals surface area contributed by atoms with E-state index in [0.717, 1.165) is 0 Å². The second-order valence-corrected chi connectivity index (χ2v) is 6.82. The average Bonchev–Trinajstić information content (AvgIpc) is 2.81. The number of anilines is 1. The molecule has 1 aliphatic heterocycles. The predicted octanol–water partition coefficient (Wildman–Crippen LogP) is 2.59. The first-order valence-electron chi connectivity index (χ1n) is 9.58. The van der Waals surface area contributed by atoms with E-state index in [-0.39, 0.29) is 41.5 Å². The van der Waals surface area contributed by atoms with Crippen LogP contribution in [0.15, 0.2) is 24.3 Å². The van der Waals surface area contributed by atoms with Crippen molar-refractivity contribution >= 4 is 17.3 Å². The summed E-state index contributed by atoms with van der Waals surface area (Å²) in [5.74, 6) is -1.27. The molecule has 0 aliphatic carbocycles. The molecule has 1 amide bonds. The summed E-state index contributed by atoms with van der Waals surface area (Å²) in [6.45, 7) is 1.08. The molecule has 168 valence electrons. The van der Waals surface area contributed by atoms with Crippen LogP contribution in [0.4, 0.5) is 15.8 Å². The molecule has 10 nitrogen and oxygen atoms in total. The summed E-state index contributed by atoms with van der Waals surface area (Å²) in [7, 11) is 3.90. The summed E-state index contributed by atoms with van der Waals surface area (Å²) < 4.78 is 29.5. The number of ether oxygens (including phenoxy) is 3. The highest BCUT2D eigenvalue weighted by Crippen LogP contribution is 2.46. The molecule has 0 N–H and O–H groups in total. The van der Waals surface area contributed by atoms with E-state index < -0.39 is 22.3 Å². The van der Waals surface area contributed by atoms with Gasteiger partial charge in [-0.05, 0) is 12.1 Å². The van der Waals surface area contributed by atoms with Crippen molar-refractivity contribution in [2.75, 3.05) is 52.4 Å². The lowest BCUT2D eigenvalue weighted by Crippen LogP contribution is -2.49. The quantitative estimate of drug-likeness (QED) is 0.493. The fourth-order valence-corrected chi connectivity index (χ4v) is 3.69. The third kappa shape index (κ3) is 3.94. The molecular weight excluding hydrogens is 423 g/mol. The van der Waals surface area contributed by atoms with Gasteiger partial charge in [-0.15, -0.1) is 0 Å². The zero-order valence-corrected chi connectivity index (χ0v) is 17.8. The van der Waals surface area contributed by atoms with Crippen LogP contribution in [0.5, 0.6) is 17.2 Å². The molecule has 1 aliphatic rings. The van der Waals surface area contributed by atoms with Gasteiger partial charge in [-0.2, -0.15) is 5.26 Å². The molecule has 2 aromatic rings. The predicted molar refractivity (Wildman–Crippen MR) is 112 cm³/mol. The Morgan fingerprint density at radius 3 is 2.31 bits per heavy atom. The largest absolute Gasteiger partial charge is 0.493 e. The Labute approximate surface area is 183 Å². The summed E-state index contributed by atoms with van der Waals surface area (Å²) in [4.78, 5) is 27.6. The second kappa shape index (κ2) is 9.38. The van der Waals surface area contributed by atoms with Crippen molar-refractivity contribution in [3.05, 3.63) is 51.3 Å². The highest BCUT2D eigenvalue weighted by atomic mass is 19.1. The summed E-state index contributed by atoms with van der Waals surface area (Å²) in [6.07, 6.45) is 0. The minimum Gasteiger partial charge on any atom is -0.493 e. The first-order chi connectivity index (χ1) is 15.4. The molecule has 0 spiro atoms. The molecule has 32 heavy (non-hydrogen) atoms. The van der Waals surface area contributed by atoms with Crippen LogP contribution < -0.4 is 19.1 Å². The molecule has 2 aromatic carbocycles. The number of carbonyl (C=O) groups excluding carboxylic acids is 1. The maximum Gasteiger partial charge on any atom is 0.327 e. The lowest BCUT2D eigenvalue weighted by atomic mass is 10.1. The smallest absolute Gasteiger partial charge is 0.327 e. The Kier molecular flexibility index (Phi) is 6.63. The third-order valence-corrected chi connectivity index (χ3v) is 5.23. The van der Waals surface area contributed by atoms with Crippen molar-refractivity contribution in [2.45, 2.75) is 0 Å². The van der Waals surface area contributed by atoms with Crippen LogP contribution in [0.1, 0.15) is 15.9 Å². The standard InChI is InChI=1S/C21H21FN4O6/c1-30-17-11-13(18(26(28)29)20(32-3)19(17)31-2)21(27)25-9-7-24(8-10-25)16-6-4-5-15(22)14(16)12-23/h4-6,11H,7-10H2,1-3H3. The molecule has 1 saturated heterocycles. The normalized spacial score (nSPS) is 13.3. The number of rotatable bonds is 6. The minimum atomic E-state index is -0.698. The first-order valence-corrected chi connectivity index (χ1v) is 9.58. The van der Waals surface area contributed by atoms with Gasteiger partial charge in [-0.25, -0.2) is 4.39 Å². The SMILES string of the molecule is COc1cc(C(=O)N2CCN(c3cccc(F)c3C#N)CC2)c([N+](=O)[O-])c(OC)c1OC. The average molecular weight is 444 g/mol. The first kappa shape index (κ1) is 22.6. The van der Waals surface area contributed by atoms with Crippen molar-refractivity contribution in [2.24, 2.45) is 0 Å². The number of methoxy groups -OCH3 is 3. The molecule has 0 unspecified atom stereocenters. The zero-order valence-electron chi connectivity index (χ0n) is 17.8. The number of nitriles is 1. The van der Waals surface area contributed by atoms with Crippen molar-refractivity contribution < 1.29 is 28.3 Å². The molecular formula is C21H21FN4O6. The van der Waals surface area contributed by atoms with E-state index in [4.69, 9.17) is 14.2 Å². The highest BCUT2D eigenvalue weighted by Gasteiger charge is 2.35. The summed E-state index contributed by atoms with van der Waals surface area (Å²) >= 11 is 0. The van der Waals surface area contributed by atoms with Gasteiger partial charge in [-0.3, -0.25) is 14.9 Å². The Hall–Kier alpha value is -4.07. The van der Waals surface area contributed by atoms with E-state index >= 15 is 0 Å². The maximum absolute atomic E-state index is 13.9. The fraction of sp³-hybridized carbons (Fsp3) is 0.333. The van der Waals surface area contributed by atoms with Crippen LogP contribution in [-0.2, 0) is 0 Å². The Morgan fingerprint density at radius 1 is 1.12 bits per heavy atom. The zero-order chi connectivity index (χ0) is 23.4. The van der Waals surface area contributed by atoms with E-state index in [1.54, 1.807) is 11.0 Å². The van der Waals surface area contributed by atoms with Gasteiger partial charge in [0.2, 0.25) is 11.5 Å². The maximum atomic E-state index is 13.9. The Bertz CT molecular complexity index is 1090. The number of piperazine rings is 1. The van der Waals surface area contributed by atoms with E-state index in [2.05, 4.69) is 0 Å². The molecule has 3 rings (SSSR count). The van der Waals surface area contributed by atoms with Crippen LogP contribution >= 0.6 is 0 Å². The molecule has 1 heterocycles. The number of amides is 1. The number of benzene rings is 2. The number of nitro benzene ring substituents is 1. The van der Waals surface area contributed by atoms with Gasteiger partial charge in [0.25, 0.3) is 5.91 Å². The lowest BCUT2D eigenvalue weighted by molar-refractivity contribution is -0.386. The van der Waals surface area contributed by atoms with Crippen molar-refractivity contribution in [3.8, 4) is 23.3 Å². The molecule has 0 saturated carbocycles. The van der Waals surface area contributed by atoms with Gasteiger partial charge in [0, 0.05) is 32.2 Å². The molecule has 0 bridgehead atoms. The van der Waals surface area contributed by atoms with Crippen molar-refractivity contribution in [1.82, 2.24) is 4.90 Å². The Morgan fingerprint density at radius 2 is 1.78 bits per heavy atom. The van der Waals surface area contributed by atoms with Gasteiger partial charge in [-0.1, -0.05) is 6.07 Å². The van der Waals surface area contributed by atoms with Crippen LogP contribution in [0.25, 0.3) is 0 Å². The third-order valence-electron chi connectivity index (χ3n) is 5.23. The topological polar surface area (TPSA) is 118 Å². The summed E-state index contributed by atoms with van der Waals surface area (Å²) in [5.41, 5.74) is -0.332. The number of carbonyl (C=O) groups is 1. The van der Waals surface area contributed by atoms with Gasteiger partial charge in [0.15, 0.2) is 5.75 Å².